The van der Waals surface area contributed by atoms with Crippen molar-refractivity contribution < 1.29 is 19.4 Å². The van der Waals surface area contributed by atoms with Gasteiger partial charge in [-0.05, 0) is 6.42 Å². The molecule has 5 nitrogen and oxygen atoms in total. The Hall–Kier alpha value is -1.52. The molecule has 0 saturated heterocycles. The Morgan fingerprint density at radius 3 is 2.71 bits per heavy atom. The number of carboxylic acid groups (broad SMARTS) is 1. The van der Waals surface area contributed by atoms with E-state index in [2.05, 4.69) is 16.6 Å². The maximum absolute atomic E-state index is 11.0. The first-order chi connectivity index (χ1) is 6.60. The topological polar surface area (TPSA) is 75.6 Å². The van der Waals surface area contributed by atoms with Crippen molar-refractivity contribution in [3.8, 4) is 0 Å². The van der Waals surface area contributed by atoms with Crippen LogP contribution in [-0.2, 0) is 9.53 Å². The highest BCUT2D eigenvalue weighted by molar-refractivity contribution is 5.71. The summed E-state index contributed by atoms with van der Waals surface area (Å²) in [4.78, 5) is 21.3. The molecule has 0 aromatic carbocycles. The molecule has 0 radical (unpaired) electrons. The van der Waals surface area contributed by atoms with Gasteiger partial charge in [0.2, 0.25) is 0 Å². The largest absolute Gasteiger partial charge is 0.481 e. The number of hydrogen-bond acceptors (Lipinski definition) is 3. The predicted molar refractivity (Wildman–Crippen MR) is 51.0 cm³/mol. The first kappa shape index (κ1) is 12.5. The summed E-state index contributed by atoms with van der Waals surface area (Å²) < 4.78 is 4.64. The Balaban J connectivity index is 3.85. The number of ether oxygens (including phenoxy) is 1. The molecule has 14 heavy (non-hydrogen) atoms. The molecule has 0 aliphatic carbocycles. The fourth-order valence-corrected chi connectivity index (χ4v) is 0.851. The number of alkyl carbamates (subject to hydrolysis) is 1. The quantitative estimate of drug-likeness (QED) is 0.632. The number of amides is 1. The minimum atomic E-state index is -0.944. The molecule has 0 saturated carbocycles. The summed E-state index contributed by atoms with van der Waals surface area (Å²) in [7, 11) is 0. The van der Waals surface area contributed by atoms with Crippen molar-refractivity contribution in [2.75, 3.05) is 6.61 Å². The summed E-state index contributed by atoms with van der Waals surface area (Å²) in [5, 5.41) is 10.9. The number of aliphatic carboxylic acids is 1. The Labute approximate surface area is 82.7 Å². The molecule has 0 bridgehead atoms. The van der Waals surface area contributed by atoms with E-state index in [4.69, 9.17) is 5.11 Å². The van der Waals surface area contributed by atoms with Crippen LogP contribution < -0.4 is 5.32 Å². The highest BCUT2D eigenvalue weighted by Gasteiger charge is 2.13. The zero-order valence-electron chi connectivity index (χ0n) is 8.16. The van der Waals surface area contributed by atoms with Crippen LogP contribution in [0.4, 0.5) is 4.79 Å². The van der Waals surface area contributed by atoms with Gasteiger partial charge in [-0.15, -0.1) is 0 Å². The van der Waals surface area contributed by atoms with E-state index < -0.39 is 12.1 Å². The third kappa shape index (κ3) is 6.05. The molecular formula is C9H15NO4. The van der Waals surface area contributed by atoms with Crippen molar-refractivity contribution in [1.82, 2.24) is 5.32 Å². The SMILES string of the molecule is C=CCOC(=O)N[C@H](CC)CC(=O)O. The van der Waals surface area contributed by atoms with E-state index in [-0.39, 0.29) is 19.1 Å². The van der Waals surface area contributed by atoms with Crippen molar-refractivity contribution in [2.45, 2.75) is 25.8 Å². The van der Waals surface area contributed by atoms with Gasteiger partial charge in [0.25, 0.3) is 0 Å². The molecular weight excluding hydrogens is 186 g/mol. The summed E-state index contributed by atoms with van der Waals surface area (Å²) in [6.07, 6.45) is 1.28. The van der Waals surface area contributed by atoms with Crippen LogP contribution in [0.5, 0.6) is 0 Å². The van der Waals surface area contributed by atoms with Crippen molar-refractivity contribution in [1.29, 1.82) is 0 Å². The minimum Gasteiger partial charge on any atom is -0.481 e. The van der Waals surface area contributed by atoms with E-state index in [1.807, 2.05) is 0 Å². The Kier molecular flexibility index (Phi) is 6.19. The van der Waals surface area contributed by atoms with Gasteiger partial charge in [-0.3, -0.25) is 4.79 Å². The molecule has 2 N–H and O–H groups in total. The lowest BCUT2D eigenvalue weighted by Gasteiger charge is -2.13. The lowest BCUT2D eigenvalue weighted by atomic mass is 10.1. The molecule has 0 unspecified atom stereocenters. The van der Waals surface area contributed by atoms with Crippen LogP contribution in [0, 0.1) is 0 Å². The van der Waals surface area contributed by atoms with Crippen molar-refractivity contribution in [2.24, 2.45) is 0 Å². The maximum Gasteiger partial charge on any atom is 0.407 e. The smallest absolute Gasteiger partial charge is 0.407 e. The fraction of sp³-hybridized carbons (Fsp3) is 0.556. The summed E-state index contributed by atoms with van der Waals surface area (Å²) >= 11 is 0. The van der Waals surface area contributed by atoms with E-state index in [9.17, 15) is 9.59 Å². The third-order valence-corrected chi connectivity index (χ3v) is 1.57. The van der Waals surface area contributed by atoms with Crippen LogP contribution >= 0.6 is 0 Å². The van der Waals surface area contributed by atoms with Crippen LogP contribution in [-0.4, -0.2) is 29.8 Å². The number of hydrogen-bond donors (Lipinski definition) is 2. The summed E-state index contributed by atoms with van der Waals surface area (Å²) in [5.74, 6) is -0.944. The zero-order valence-corrected chi connectivity index (χ0v) is 8.16. The molecule has 80 valence electrons. The lowest BCUT2D eigenvalue weighted by molar-refractivity contribution is -0.137. The van der Waals surface area contributed by atoms with E-state index in [0.29, 0.717) is 6.42 Å². The standard InChI is InChI=1S/C9H15NO4/c1-3-5-14-9(13)10-7(4-2)6-8(11)12/h3,7H,1,4-6H2,2H3,(H,10,13)(H,11,12)/t7-/m1/s1. The van der Waals surface area contributed by atoms with Crippen LogP contribution in [0.25, 0.3) is 0 Å². The number of carbonyl (C=O) groups excluding carboxylic acids is 1. The van der Waals surface area contributed by atoms with Crippen molar-refractivity contribution in [3.05, 3.63) is 12.7 Å². The molecule has 0 aliphatic rings. The molecule has 1 amide bonds. The van der Waals surface area contributed by atoms with Gasteiger partial charge >= 0.3 is 12.1 Å². The predicted octanol–water partition coefficient (Wildman–Crippen LogP) is 1.15. The number of rotatable bonds is 6. The van der Waals surface area contributed by atoms with Crippen LogP contribution in [0.1, 0.15) is 19.8 Å². The highest BCUT2D eigenvalue weighted by Crippen LogP contribution is 1.97. The summed E-state index contributed by atoms with van der Waals surface area (Å²) in [6, 6.07) is -0.384. The Morgan fingerprint density at radius 2 is 2.29 bits per heavy atom. The average Bonchev–Trinajstić information content (AvgIpc) is 2.12. The van der Waals surface area contributed by atoms with Gasteiger partial charge < -0.3 is 15.2 Å². The van der Waals surface area contributed by atoms with Gasteiger partial charge in [-0.2, -0.15) is 0 Å². The fourth-order valence-electron chi connectivity index (χ4n) is 0.851. The third-order valence-electron chi connectivity index (χ3n) is 1.57. The maximum atomic E-state index is 11.0. The first-order valence-corrected chi connectivity index (χ1v) is 4.36. The second-order valence-corrected chi connectivity index (χ2v) is 2.73. The molecule has 0 heterocycles. The van der Waals surface area contributed by atoms with Crippen molar-refractivity contribution >= 4 is 12.1 Å². The lowest BCUT2D eigenvalue weighted by Crippen LogP contribution is -2.36. The molecule has 0 fully saturated rings. The van der Waals surface area contributed by atoms with Crippen LogP contribution in [0.3, 0.4) is 0 Å². The molecule has 1 atom stereocenters. The minimum absolute atomic E-state index is 0.0975. The Bertz CT molecular complexity index is 215. The first-order valence-electron chi connectivity index (χ1n) is 4.36. The number of nitrogens with one attached hydrogen (secondary N) is 1. The molecule has 0 aromatic rings. The summed E-state index contributed by atoms with van der Waals surface area (Å²) in [5.41, 5.74) is 0. The van der Waals surface area contributed by atoms with E-state index in [1.54, 1.807) is 6.92 Å². The van der Waals surface area contributed by atoms with Gasteiger partial charge in [0.15, 0.2) is 0 Å². The molecule has 0 aliphatic heterocycles. The Morgan fingerprint density at radius 1 is 1.64 bits per heavy atom. The zero-order chi connectivity index (χ0) is 11.0. The summed E-state index contributed by atoms with van der Waals surface area (Å²) in [6.45, 7) is 5.29. The van der Waals surface area contributed by atoms with Gasteiger partial charge in [0, 0.05) is 6.04 Å². The monoisotopic (exact) mass is 201 g/mol. The van der Waals surface area contributed by atoms with Gasteiger partial charge in [-0.25, -0.2) is 4.79 Å². The average molecular weight is 201 g/mol. The van der Waals surface area contributed by atoms with Crippen molar-refractivity contribution in [3.63, 3.8) is 0 Å². The molecule has 0 aromatic heterocycles. The van der Waals surface area contributed by atoms with E-state index in [0.717, 1.165) is 0 Å². The van der Waals surface area contributed by atoms with Gasteiger partial charge in [0.1, 0.15) is 6.61 Å². The van der Waals surface area contributed by atoms with Crippen LogP contribution in [0.15, 0.2) is 12.7 Å². The molecule has 0 rings (SSSR count). The van der Waals surface area contributed by atoms with Gasteiger partial charge in [-0.1, -0.05) is 19.6 Å². The highest BCUT2D eigenvalue weighted by atomic mass is 16.5. The van der Waals surface area contributed by atoms with Crippen LogP contribution in [0.2, 0.25) is 0 Å². The normalized spacial score (nSPS) is 11.5. The number of carboxylic acids is 1. The van der Waals surface area contributed by atoms with E-state index >= 15 is 0 Å². The van der Waals surface area contributed by atoms with Gasteiger partial charge in [0.05, 0.1) is 6.42 Å². The molecule has 5 heteroatoms. The second-order valence-electron chi connectivity index (χ2n) is 2.73. The number of carbonyl (C=O) groups is 2. The second kappa shape index (κ2) is 6.94. The molecule has 0 spiro atoms. The van der Waals surface area contributed by atoms with E-state index in [1.165, 1.54) is 6.08 Å².